The smallest absolute Gasteiger partial charge is 0.431 e. The number of aliphatic imine (C=N–C) groups is 1. The second kappa shape index (κ2) is 7.64. The van der Waals surface area contributed by atoms with Crippen LogP contribution in [-0.4, -0.2) is 47.9 Å². The lowest BCUT2D eigenvalue weighted by Gasteiger charge is -2.41. The first kappa shape index (κ1) is 19.9. The number of nitriles is 1. The summed E-state index contributed by atoms with van der Waals surface area (Å²) >= 11 is 0. The number of carbonyl (C=O) groups excluding carboxylic acids is 1. The molecule has 0 bridgehead atoms. The van der Waals surface area contributed by atoms with Gasteiger partial charge in [-0.15, -0.1) is 0 Å². The van der Waals surface area contributed by atoms with Crippen LogP contribution >= 0.6 is 0 Å². The SMILES string of the molecule is C=C/C=C1/C(N)=NC=NN1[C@H]1CC[C@@](C#N)(COC(=O)OC2CC(C)(C)C2)O1. The van der Waals surface area contributed by atoms with Gasteiger partial charge in [-0.1, -0.05) is 26.5 Å². The standard InChI is InChI=1S/C19H25N5O4/c1-4-5-14-16(21)22-12-23-24(14)15-6-7-19(10-20,28-15)11-26-17(25)27-13-8-18(2,3)9-13/h4-5,12-13,15H,1,6-9,11H2,2-3H3,(H2,21,22,23)/b14-5-/t15-,19-/m1/s1. The van der Waals surface area contributed by atoms with Gasteiger partial charge in [0.15, 0.2) is 17.7 Å². The predicted molar refractivity (Wildman–Crippen MR) is 102 cm³/mol. The molecule has 1 aliphatic carbocycles. The molecule has 28 heavy (non-hydrogen) atoms. The summed E-state index contributed by atoms with van der Waals surface area (Å²) in [6.07, 6.45) is 5.60. The van der Waals surface area contributed by atoms with Crippen molar-refractivity contribution < 1.29 is 19.0 Å². The van der Waals surface area contributed by atoms with Crippen molar-refractivity contribution in [1.29, 1.82) is 5.26 Å². The molecule has 0 aromatic rings. The molecule has 3 rings (SSSR count). The molecule has 1 saturated carbocycles. The Morgan fingerprint density at radius 2 is 2.32 bits per heavy atom. The molecule has 9 heteroatoms. The van der Waals surface area contributed by atoms with Crippen LogP contribution in [0.3, 0.4) is 0 Å². The molecule has 2 aliphatic heterocycles. The number of hydrazone groups is 1. The Balaban J connectivity index is 1.57. The highest BCUT2D eigenvalue weighted by molar-refractivity contribution is 6.01. The maximum atomic E-state index is 11.9. The molecular weight excluding hydrogens is 362 g/mol. The van der Waals surface area contributed by atoms with Crippen LogP contribution in [0.4, 0.5) is 4.79 Å². The summed E-state index contributed by atoms with van der Waals surface area (Å²) < 4.78 is 16.4. The number of hydrogen-bond donors (Lipinski definition) is 1. The molecule has 0 spiro atoms. The topological polar surface area (TPSA) is 123 Å². The van der Waals surface area contributed by atoms with Crippen LogP contribution in [-0.2, 0) is 14.2 Å². The van der Waals surface area contributed by atoms with E-state index in [-0.39, 0.29) is 24.0 Å². The minimum absolute atomic E-state index is 0.130. The van der Waals surface area contributed by atoms with Crippen LogP contribution in [0.25, 0.3) is 0 Å². The minimum atomic E-state index is -1.26. The van der Waals surface area contributed by atoms with Crippen molar-refractivity contribution in [2.24, 2.45) is 21.2 Å². The van der Waals surface area contributed by atoms with Gasteiger partial charge >= 0.3 is 6.16 Å². The third kappa shape index (κ3) is 4.17. The molecule has 2 N–H and O–H groups in total. The van der Waals surface area contributed by atoms with E-state index in [4.69, 9.17) is 19.9 Å². The quantitative estimate of drug-likeness (QED) is 0.719. The number of hydrogen-bond acceptors (Lipinski definition) is 9. The van der Waals surface area contributed by atoms with Crippen LogP contribution < -0.4 is 5.73 Å². The third-order valence-corrected chi connectivity index (χ3v) is 5.04. The summed E-state index contributed by atoms with van der Waals surface area (Å²) in [4.78, 5) is 15.9. The first-order chi connectivity index (χ1) is 13.3. The second-order valence-corrected chi connectivity index (χ2v) is 7.95. The summed E-state index contributed by atoms with van der Waals surface area (Å²) in [5.74, 6) is 0.274. The zero-order valence-electron chi connectivity index (χ0n) is 16.1. The zero-order chi connectivity index (χ0) is 20.4. The summed E-state index contributed by atoms with van der Waals surface area (Å²) in [7, 11) is 0. The van der Waals surface area contributed by atoms with E-state index in [1.807, 2.05) is 0 Å². The molecule has 0 radical (unpaired) electrons. The molecule has 1 saturated heterocycles. The molecule has 3 aliphatic rings. The number of amidine groups is 1. The van der Waals surface area contributed by atoms with Crippen molar-refractivity contribution in [3.05, 3.63) is 24.4 Å². The lowest BCUT2D eigenvalue weighted by molar-refractivity contribution is -0.104. The van der Waals surface area contributed by atoms with Gasteiger partial charge in [0.2, 0.25) is 0 Å². The summed E-state index contributed by atoms with van der Waals surface area (Å²) in [6.45, 7) is 7.68. The van der Waals surface area contributed by atoms with Gasteiger partial charge < -0.3 is 19.9 Å². The fraction of sp³-hybridized carbons (Fsp3) is 0.579. The number of rotatable bonds is 5. The number of nitrogens with two attached hydrogens (primary N) is 1. The summed E-state index contributed by atoms with van der Waals surface area (Å²) in [6, 6.07) is 2.12. The van der Waals surface area contributed by atoms with Gasteiger partial charge in [0, 0.05) is 0 Å². The average molecular weight is 387 g/mol. The molecule has 0 aromatic heterocycles. The second-order valence-electron chi connectivity index (χ2n) is 7.95. The Hall–Kier alpha value is -2.86. The van der Waals surface area contributed by atoms with Crippen molar-refractivity contribution in [3.63, 3.8) is 0 Å². The lowest BCUT2D eigenvalue weighted by Crippen LogP contribution is -2.42. The van der Waals surface area contributed by atoms with E-state index in [1.165, 1.54) is 6.34 Å². The van der Waals surface area contributed by atoms with Gasteiger partial charge in [0.05, 0.1) is 0 Å². The van der Waals surface area contributed by atoms with Crippen LogP contribution in [0.1, 0.15) is 39.5 Å². The van der Waals surface area contributed by atoms with Gasteiger partial charge in [-0.3, -0.25) is 0 Å². The van der Waals surface area contributed by atoms with E-state index in [0.717, 1.165) is 12.8 Å². The Kier molecular flexibility index (Phi) is 5.42. The number of carbonyl (C=O) groups is 1. The van der Waals surface area contributed by atoms with Crippen LogP contribution in [0.5, 0.6) is 0 Å². The van der Waals surface area contributed by atoms with Crippen LogP contribution in [0.2, 0.25) is 0 Å². The summed E-state index contributed by atoms with van der Waals surface area (Å²) in [5, 5.41) is 15.4. The Bertz CT molecular complexity index is 774. The van der Waals surface area contributed by atoms with Crippen molar-refractivity contribution in [3.8, 4) is 6.07 Å². The van der Waals surface area contributed by atoms with Crippen molar-refractivity contribution in [2.75, 3.05) is 6.61 Å². The average Bonchev–Trinajstić information content (AvgIpc) is 3.05. The highest BCUT2D eigenvalue weighted by Gasteiger charge is 2.46. The maximum Gasteiger partial charge on any atom is 0.508 e. The van der Waals surface area contributed by atoms with Crippen molar-refractivity contribution >= 4 is 18.3 Å². The lowest BCUT2D eigenvalue weighted by atomic mass is 9.70. The molecule has 2 fully saturated rings. The van der Waals surface area contributed by atoms with Gasteiger partial charge in [0.25, 0.3) is 0 Å². The molecule has 2 heterocycles. The first-order valence-corrected chi connectivity index (χ1v) is 9.18. The molecule has 150 valence electrons. The highest BCUT2D eigenvalue weighted by Crippen LogP contribution is 2.42. The number of allylic oxidation sites excluding steroid dienone is 2. The molecular formula is C19H25N5O4. The van der Waals surface area contributed by atoms with Crippen molar-refractivity contribution in [2.45, 2.75) is 57.5 Å². The Morgan fingerprint density at radius 1 is 1.57 bits per heavy atom. The molecule has 9 nitrogen and oxygen atoms in total. The van der Waals surface area contributed by atoms with E-state index in [2.05, 4.69) is 36.6 Å². The fourth-order valence-corrected chi connectivity index (χ4v) is 3.62. The normalized spacial score (nSPS) is 30.3. The van der Waals surface area contributed by atoms with E-state index >= 15 is 0 Å². The monoisotopic (exact) mass is 387 g/mol. The van der Waals surface area contributed by atoms with Gasteiger partial charge in [-0.25, -0.2) is 14.8 Å². The zero-order valence-corrected chi connectivity index (χ0v) is 16.1. The molecule has 0 aromatic carbocycles. The summed E-state index contributed by atoms with van der Waals surface area (Å²) in [5.41, 5.74) is 5.36. The van der Waals surface area contributed by atoms with E-state index in [1.54, 1.807) is 17.2 Å². The minimum Gasteiger partial charge on any atom is -0.431 e. The number of ether oxygens (including phenoxy) is 3. The number of nitrogens with zero attached hydrogens (tertiary/aromatic N) is 4. The van der Waals surface area contributed by atoms with Crippen molar-refractivity contribution in [1.82, 2.24) is 5.01 Å². The predicted octanol–water partition coefficient (Wildman–Crippen LogP) is 2.41. The molecule has 2 atom stereocenters. The maximum absolute atomic E-state index is 11.9. The third-order valence-electron chi connectivity index (χ3n) is 5.04. The van der Waals surface area contributed by atoms with E-state index < -0.39 is 18.0 Å². The largest absolute Gasteiger partial charge is 0.508 e. The Labute approximate surface area is 164 Å². The van der Waals surface area contributed by atoms with Gasteiger partial charge in [0.1, 0.15) is 30.8 Å². The fourth-order valence-electron chi connectivity index (χ4n) is 3.62. The molecule has 0 unspecified atom stereocenters. The first-order valence-electron chi connectivity index (χ1n) is 9.18. The highest BCUT2D eigenvalue weighted by atomic mass is 16.7. The van der Waals surface area contributed by atoms with E-state index in [9.17, 15) is 10.1 Å². The van der Waals surface area contributed by atoms with E-state index in [0.29, 0.717) is 18.5 Å². The van der Waals surface area contributed by atoms with Crippen LogP contribution in [0.15, 0.2) is 34.5 Å². The molecule has 0 amide bonds. The van der Waals surface area contributed by atoms with Gasteiger partial charge in [-0.2, -0.15) is 10.4 Å². The Morgan fingerprint density at radius 3 is 2.96 bits per heavy atom. The van der Waals surface area contributed by atoms with Crippen LogP contribution in [0, 0.1) is 16.7 Å². The van der Waals surface area contributed by atoms with Gasteiger partial charge in [-0.05, 0) is 37.2 Å².